The van der Waals surface area contributed by atoms with Gasteiger partial charge < -0.3 is 10.1 Å². The quantitative estimate of drug-likeness (QED) is 0.619. The van der Waals surface area contributed by atoms with E-state index >= 15 is 0 Å². The van der Waals surface area contributed by atoms with E-state index in [1.54, 1.807) is 31.2 Å². The van der Waals surface area contributed by atoms with Crippen LogP contribution in [0.4, 0.5) is 5.69 Å². The Morgan fingerprint density at radius 1 is 1.08 bits per heavy atom. The Morgan fingerprint density at radius 3 is 2.42 bits per heavy atom. The minimum absolute atomic E-state index is 0.0761. The van der Waals surface area contributed by atoms with E-state index in [0.29, 0.717) is 17.0 Å². The number of amides is 2. The SMILES string of the molecule is COc1ccccc1C(=O)N/N=C(\C)c1ccc(NC(=O)C2CC2)cc1. The van der Waals surface area contributed by atoms with Gasteiger partial charge in [0, 0.05) is 11.6 Å². The van der Waals surface area contributed by atoms with E-state index in [4.69, 9.17) is 4.74 Å². The molecular weight excluding hydrogens is 330 g/mol. The number of hydrazone groups is 1. The highest BCUT2D eigenvalue weighted by molar-refractivity contribution is 6.02. The first-order valence-corrected chi connectivity index (χ1v) is 8.47. The number of para-hydroxylation sites is 1. The van der Waals surface area contributed by atoms with Crippen LogP contribution in [0.5, 0.6) is 5.75 Å². The summed E-state index contributed by atoms with van der Waals surface area (Å²) in [5.74, 6) is 0.402. The fourth-order valence-corrected chi connectivity index (χ4v) is 2.48. The summed E-state index contributed by atoms with van der Waals surface area (Å²) in [5.41, 5.74) is 5.24. The Morgan fingerprint density at radius 2 is 1.77 bits per heavy atom. The predicted molar refractivity (Wildman–Crippen MR) is 100 cm³/mol. The number of nitrogens with one attached hydrogen (secondary N) is 2. The van der Waals surface area contributed by atoms with Gasteiger partial charge in [0.05, 0.1) is 18.4 Å². The van der Waals surface area contributed by atoms with Crippen molar-refractivity contribution in [2.45, 2.75) is 19.8 Å². The molecule has 1 saturated carbocycles. The first-order chi connectivity index (χ1) is 12.6. The molecule has 0 heterocycles. The van der Waals surface area contributed by atoms with Crippen molar-refractivity contribution in [2.75, 3.05) is 12.4 Å². The third-order valence-electron chi connectivity index (χ3n) is 4.20. The van der Waals surface area contributed by atoms with Gasteiger partial charge in [-0.1, -0.05) is 24.3 Å². The van der Waals surface area contributed by atoms with Crippen LogP contribution < -0.4 is 15.5 Å². The zero-order valence-electron chi connectivity index (χ0n) is 14.8. The highest BCUT2D eigenvalue weighted by Crippen LogP contribution is 2.30. The summed E-state index contributed by atoms with van der Waals surface area (Å²) in [6.45, 7) is 1.81. The van der Waals surface area contributed by atoms with Crippen LogP contribution in [0, 0.1) is 5.92 Å². The number of carbonyl (C=O) groups is 2. The van der Waals surface area contributed by atoms with Crippen molar-refractivity contribution in [1.29, 1.82) is 0 Å². The molecule has 2 aromatic carbocycles. The highest BCUT2D eigenvalue weighted by atomic mass is 16.5. The number of hydrogen-bond acceptors (Lipinski definition) is 4. The summed E-state index contributed by atoms with van der Waals surface area (Å²) in [7, 11) is 1.52. The monoisotopic (exact) mass is 351 g/mol. The van der Waals surface area contributed by atoms with Gasteiger partial charge in [-0.15, -0.1) is 0 Å². The molecule has 6 heteroatoms. The molecule has 0 bridgehead atoms. The van der Waals surface area contributed by atoms with E-state index in [9.17, 15) is 9.59 Å². The summed E-state index contributed by atoms with van der Waals surface area (Å²) < 4.78 is 5.18. The fourth-order valence-electron chi connectivity index (χ4n) is 2.48. The van der Waals surface area contributed by atoms with Crippen molar-refractivity contribution < 1.29 is 14.3 Å². The lowest BCUT2D eigenvalue weighted by molar-refractivity contribution is -0.117. The first-order valence-electron chi connectivity index (χ1n) is 8.47. The van der Waals surface area contributed by atoms with Gasteiger partial charge in [-0.25, -0.2) is 5.43 Å². The summed E-state index contributed by atoms with van der Waals surface area (Å²) in [6, 6.07) is 14.3. The molecule has 0 unspecified atom stereocenters. The standard InChI is InChI=1S/C20H21N3O3/c1-13(22-23-20(25)17-5-3-4-6-18(17)26-2)14-9-11-16(12-10-14)21-19(24)15-7-8-15/h3-6,9-12,15H,7-8H2,1-2H3,(H,21,24)(H,23,25)/b22-13+. The maximum absolute atomic E-state index is 12.3. The number of benzene rings is 2. The number of ether oxygens (including phenoxy) is 1. The van der Waals surface area contributed by atoms with E-state index in [0.717, 1.165) is 24.1 Å². The highest BCUT2D eigenvalue weighted by Gasteiger charge is 2.29. The molecule has 134 valence electrons. The minimum Gasteiger partial charge on any atom is -0.496 e. The molecule has 0 aliphatic heterocycles. The average molecular weight is 351 g/mol. The van der Waals surface area contributed by atoms with Crippen molar-refractivity contribution >= 4 is 23.2 Å². The lowest BCUT2D eigenvalue weighted by Crippen LogP contribution is -2.20. The lowest BCUT2D eigenvalue weighted by Gasteiger charge is -2.08. The summed E-state index contributed by atoms with van der Waals surface area (Å²) in [5, 5.41) is 7.04. The topological polar surface area (TPSA) is 79.8 Å². The second-order valence-electron chi connectivity index (χ2n) is 6.18. The van der Waals surface area contributed by atoms with Crippen LogP contribution in [-0.4, -0.2) is 24.6 Å². The van der Waals surface area contributed by atoms with Gasteiger partial charge in [-0.05, 0) is 49.6 Å². The summed E-state index contributed by atoms with van der Waals surface area (Å²) >= 11 is 0. The summed E-state index contributed by atoms with van der Waals surface area (Å²) in [6.07, 6.45) is 1.95. The van der Waals surface area contributed by atoms with Gasteiger partial charge in [0.1, 0.15) is 5.75 Å². The predicted octanol–water partition coefficient (Wildman–Crippen LogP) is 3.20. The van der Waals surface area contributed by atoms with Gasteiger partial charge in [-0.3, -0.25) is 9.59 Å². The average Bonchev–Trinajstić information content (AvgIpc) is 3.51. The molecular formula is C20H21N3O3. The van der Waals surface area contributed by atoms with Gasteiger partial charge in [0.15, 0.2) is 0 Å². The number of carbonyl (C=O) groups excluding carboxylic acids is 2. The lowest BCUT2D eigenvalue weighted by atomic mass is 10.1. The largest absolute Gasteiger partial charge is 0.496 e. The van der Waals surface area contributed by atoms with Gasteiger partial charge in [0.25, 0.3) is 5.91 Å². The van der Waals surface area contributed by atoms with Crippen molar-refractivity contribution in [3.63, 3.8) is 0 Å². The number of hydrogen-bond donors (Lipinski definition) is 2. The molecule has 0 aromatic heterocycles. The number of anilines is 1. The van der Waals surface area contributed by atoms with Crippen LogP contribution in [0.3, 0.4) is 0 Å². The third-order valence-corrected chi connectivity index (χ3v) is 4.20. The zero-order chi connectivity index (χ0) is 18.5. The van der Waals surface area contributed by atoms with E-state index < -0.39 is 0 Å². The van der Waals surface area contributed by atoms with Crippen LogP contribution in [0.15, 0.2) is 53.6 Å². The van der Waals surface area contributed by atoms with E-state index in [-0.39, 0.29) is 17.7 Å². The van der Waals surface area contributed by atoms with Gasteiger partial charge in [0.2, 0.25) is 5.91 Å². The molecule has 0 spiro atoms. The Hall–Kier alpha value is -3.15. The molecule has 3 rings (SSSR count). The maximum atomic E-state index is 12.3. The van der Waals surface area contributed by atoms with E-state index in [1.165, 1.54) is 7.11 Å². The smallest absolute Gasteiger partial charge is 0.275 e. The molecule has 2 amide bonds. The van der Waals surface area contributed by atoms with Crippen LogP contribution in [0.2, 0.25) is 0 Å². The normalized spacial score (nSPS) is 13.8. The van der Waals surface area contributed by atoms with Gasteiger partial charge in [-0.2, -0.15) is 5.10 Å². The summed E-state index contributed by atoms with van der Waals surface area (Å²) in [4.78, 5) is 24.0. The number of methoxy groups -OCH3 is 1. The van der Waals surface area contributed by atoms with Crippen molar-refractivity contribution in [3.05, 3.63) is 59.7 Å². The molecule has 2 N–H and O–H groups in total. The fraction of sp³-hybridized carbons (Fsp3) is 0.250. The van der Waals surface area contributed by atoms with Crippen LogP contribution >= 0.6 is 0 Å². The molecule has 2 aromatic rings. The third kappa shape index (κ3) is 4.27. The number of nitrogens with zero attached hydrogens (tertiary/aromatic N) is 1. The van der Waals surface area contributed by atoms with E-state index in [2.05, 4.69) is 15.8 Å². The van der Waals surface area contributed by atoms with Crippen molar-refractivity contribution in [2.24, 2.45) is 11.0 Å². The second-order valence-corrected chi connectivity index (χ2v) is 6.18. The van der Waals surface area contributed by atoms with Crippen LogP contribution in [0.1, 0.15) is 35.7 Å². The molecule has 26 heavy (non-hydrogen) atoms. The van der Waals surface area contributed by atoms with Crippen molar-refractivity contribution in [1.82, 2.24) is 5.43 Å². The molecule has 6 nitrogen and oxygen atoms in total. The molecule has 1 aliphatic carbocycles. The number of rotatable bonds is 6. The minimum atomic E-state index is -0.338. The van der Waals surface area contributed by atoms with E-state index in [1.807, 2.05) is 24.3 Å². The Balaban J connectivity index is 1.63. The zero-order valence-corrected chi connectivity index (χ0v) is 14.8. The first kappa shape index (κ1) is 17.7. The molecule has 0 atom stereocenters. The Bertz CT molecular complexity index is 840. The second kappa shape index (κ2) is 7.82. The molecule has 0 radical (unpaired) electrons. The Kier molecular flexibility index (Phi) is 5.31. The van der Waals surface area contributed by atoms with Crippen LogP contribution in [0.25, 0.3) is 0 Å². The Labute approximate surface area is 152 Å². The van der Waals surface area contributed by atoms with Crippen LogP contribution in [-0.2, 0) is 4.79 Å². The molecule has 1 aliphatic rings. The maximum Gasteiger partial charge on any atom is 0.275 e. The molecule has 0 saturated heterocycles. The molecule has 1 fully saturated rings. The van der Waals surface area contributed by atoms with Crippen molar-refractivity contribution in [3.8, 4) is 5.75 Å². The van der Waals surface area contributed by atoms with Gasteiger partial charge >= 0.3 is 0 Å².